The lowest BCUT2D eigenvalue weighted by molar-refractivity contribution is 0.0905. The van der Waals surface area contributed by atoms with Crippen LogP contribution in [-0.2, 0) is 6.42 Å². The number of benzene rings is 1. The smallest absolute Gasteiger partial charge is 0.185 e. The maximum atomic E-state index is 12.3. The first-order valence-corrected chi connectivity index (χ1v) is 7.85. The summed E-state index contributed by atoms with van der Waals surface area (Å²) < 4.78 is 1.77. The van der Waals surface area contributed by atoms with Gasteiger partial charge in [0.05, 0.1) is 16.9 Å². The fourth-order valence-corrected chi connectivity index (χ4v) is 3.36. The highest BCUT2D eigenvalue weighted by Crippen LogP contribution is 2.35. The highest BCUT2D eigenvalue weighted by atomic mass is 35.5. The lowest BCUT2D eigenvalue weighted by Gasteiger charge is -2.28. The molecule has 0 radical (unpaired) electrons. The first-order valence-electron chi connectivity index (χ1n) is 7.47. The van der Waals surface area contributed by atoms with Crippen LogP contribution in [0.3, 0.4) is 0 Å². The Balaban J connectivity index is 1.95. The Hall–Kier alpha value is -2.27. The van der Waals surface area contributed by atoms with Gasteiger partial charge in [-0.15, -0.1) is 5.10 Å². The highest BCUT2D eigenvalue weighted by Gasteiger charge is 2.35. The summed E-state index contributed by atoms with van der Waals surface area (Å²) in [6.07, 6.45) is 2.99. The van der Waals surface area contributed by atoms with Gasteiger partial charge >= 0.3 is 0 Å². The van der Waals surface area contributed by atoms with E-state index in [9.17, 15) is 4.79 Å². The predicted molar refractivity (Wildman–Crippen MR) is 88.1 cm³/mol. The Labute approximate surface area is 138 Å². The monoisotopic (exact) mass is 326 g/mol. The number of halogens is 1. The molecule has 1 aliphatic carbocycles. The zero-order valence-corrected chi connectivity index (χ0v) is 13.6. The number of nitrogens with zero attached hydrogens (tertiary/aromatic N) is 4. The van der Waals surface area contributed by atoms with E-state index in [4.69, 9.17) is 11.6 Å². The van der Waals surface area contributed by atoms with Crippen molar-refractivity contribution in [3.63, 3.8) is 0 Å². The Kier molecular flexibility index (Phi) is 3.03. The van der Waals surface area contributed by atoms with Gasteiger partial charge in [0.15, 0.2) is 11.5 Å². The molecule has 1 aromatic carbocycles. The minimum Gasteiger partial charge on any atom is -0.292 e. The van der Waals surface area contributed by atoms with E-state index in [0.29, 0.717) is 17.1 Å². The van der Waals surface area contributed by atoms with Crippen molar-refractivity contribution in [2.75, 3.05) is 0 Å². The molecule has 0 fully saturated rings. The van der Waals surface area contributed by atoms with Crippen molar-refractivity contribution in [3.8, 4) is 5.69 Å². The van der Waals surface area contributed by atoms with Crippen LogP contribution in [0, 0.1) is 5.41 Å². The van der Waals surface area contributed by atoms with Gasteiger partial charge in [0.25, 0.3) is 0 Å². The zero-order valence-electron chi connectivity index (χ0n) is 12.9. The van der Waals surface area contributed by atoms with Gasteiger partial charge in [0.2, 0.25) is 0 Å². The summed E-state index contributed by atoms with van der Waals surface area (Å²) in [5, 5.41) is 9.93. The van der Waals surface area contributed by atoms with E-state index in [-0.39, 0.29) is 11.2 Å². The molecule has 0 bridgehead atoms. The molecule has 0 atom stereocenters. The number of fused-ring (bicyclic) bond motifs is 2. The van der Waals surface area contributed by atoms with Gasteiger partial charge in [0, 0.05) is 23.0 Å². The molecule has 0 N–H and O–H groups in total. The average molecular weight is 327 g/mol. The van der Waals surface area contributed by atoms with E-state index in [1.165, 1.54) is 0 Å². The molecule has 0 amide bonds. The summed E-state index contributed by atoms with van der Waals surface area (Å²) in [5.41, 5.74) is 2.93. The molecule has 6 heteroatoms. The minimum absolute atomic E-state index is 0.0592. The Morgan fingerprint density at radius 3 is 2.87 bits per heavy atom. The van der Waals surface area contributed by atoms with Gasteiger partial charge in [-0.3, -0.25) is 9.78 Å². The molecule has 0 aliphatic heterocycles. The Morgan fingerprint density at radius 1 is 1.22 bits per heavy atom. The highest BCUT2D eigenvalue weighted by molar-refractivity contribution is 6.31. The topological polar surface area (TPSA) is 60.7 Å². The van der Waals surface area contributed by atoms with E-state index in [1.807, 2.05) is 24.3 Å². The average Bonchev–Trinajstić information content (AvgIpc) is 2.88. The van der Waals surface area contributed by atoms with Crippen molar-refractivity contribution >= 4 is 28.3 Å². The number of hydrogen-bond donors (Lipinski definition) is 0. The summed E-state index contributed by atoms with van der Waals surface area (Å²) in [7, 11) is 0. The third-order valence-electron chi connectivity index (χ3n) is 4.22. The third kappa shape index (κ3) is 2.32. The van der Waals surface area contributed by atoms with Crippen LogP contribution in [0.15, 0.2) is 30.5 Å². The molecule has 4 rings (SSSR count). The van der Waals surface area contributed by atoms with Crippen LogP contribution < -0.4 is 0 Å². The number of pyridine rings is 1. The third-order valence-corrected chi connectivity index (χ3v) is 4.46. The van der Waals surface area contributed by atoms with Gasteiger partial charge in [-0.2, -0.15) is 0 Å². The van der Waals surface area contributed by atoms with E-state index < -0.39 is 0 Å². The van der Waals surface area contributed by atoms with E-state index >= 15 is 0 Å². The lowest BCUT2D eigenvalue weighted by Crippen LogP contribution is -2.28. The lowest BCUT2D eigenvalue weighted by atomic mass is 9.77. The van der Waals surface area contributed by atoms with Crippen LogP contribution in [0.2, 0.25) is 5.02 Å². The summed E-state index contributed by atoms with van der Waals surface area (Å²) in [6.45, 7) is 4.19. The molecule has 2 aromatic heterocycles. The van der Waals surface area contributed by atoms with E-state index in [0.717, 1.165) is 28.7 Å². The molecule has 0 spiro atoms. The molecule has 5 nitrogen and oxygen atoms in total. The fourth-order valence-electron chi connectivity index (χ4n) is 3.20. The SMILES string of the molecule is CC1(C)CC(=O)c2nnn(-c3ccnc4cc(Cl)ccc34)c2C1. The van der Waals surface area contributed by atoms with Crippen molar-refractivity contribution in [1.82, 2.24) is 20.0 Å². The predicted octanol–water partition coefficient (Wildman–Crippen LogP) is 3.62. The second kappa shape index (κ2) is 4.86. The molecular weight excluding hydrogens is 312 g/mol. The summed E-state index contributed by atoms with van der Waals surface area (Å²) >= 11 is 6.05. The van der Waals surface area contributed by atoms with E-state index in [1.54, 1.807) is 10.9 Å². The summed E-state index contributed by atoms with van der Waals surface area (Å²) in [5.74, 6) is 0.0592. The first-order chi connectivity index (χ1) is 10.9. The fraction of sp³-hybridized carbons (Fsp3) is 0.294. The summed E-state index contributed by atoms with van der Waals surface area (Å²) in [6, 6.07) is 7.45. The van der Waals surface area contributed by atoms with Crippen molar-refractivity contribution in [2.24, 2.45) is 5.41 Å². The minimum atomic E-state index is -0.0876. The maximum absolute atomic E-state index is 12.3. The van der Waals surface area contributed by atoms with Crippen molar-refractivity contribution in [1.29, 1.82) is 0 Å². The van der Waals surface area contributed by atoms with Gasteiger partial charge < -0.3 is 0 Å². The number of rotatable bonds is 1. The van der Waals surface area contributed by atoms with Crippen LogP contribution in [0.25, 0.3) is 16.6 Å². The zero-order chi connectivity index (χ0) is 16.2. The Bertz CT molecular complexity index is 945. The van der Waals surface area contributed by atoms with Crippen LogP contribution in [0.5, 0.6) is 0 Å². The van der Waals surface area contributed by atoms with E-state index in [2.05, 4.69) is 29.1 Å². The van der Waals surface area contributed by atoms with Crippen molar-refractivity contribution in [2.45, 2.75) is 26.7 Å². The molecule has 0 saturated heterocycles. The van der Waals surface area contributed by atoms with Gasteiger partial charge in [0.1, 0.15) is 0 Å². The maximum Gasteiger partial charge on any atom is 0.185 e. The van der Waals surface area contributed by atoms with Gasteiger partial charge in [-0.1, -0.05) is 30.7 Å². The largest absolute Gasteiger partial charge is 0.292 e. The number of carbonyl (C=O) groups is 1. The normalized spacial score (nSPS) is 16.6. The molecule has 1 aliphatic rings. The second-order valence-corrected chi connectivity index (χ2v) is 7.17. The first kappa shape index (κ1) is 14.3. The number of hydrogen-bond acceptors (Lipinski definition) is 4. The Morgan fingerprint density at radius 2 is 2.04 bits per heavy atom. The molecule has 2 heterocycles. The molecule has 0 saturated carbocycles. The molecule has 0 unspecified atom stereocenters. The quantitative estimate of drug-likeness (QED) is 0.685. The second-order valence-electron chi connectivity index (χ2n) is 6.73. The van der Waals surface area contributed by atoms with Gasteiger partial charge in [-0.05, 0) is 36.1 Å². The molecule has 3 aromatic rings. The molecule has 116 valence electrons. The molecule has 23 heavy (non-hydrogen) atoms. The van der Waals surface area contributed by atoms with Crippen molar-refractivity contribution < 1.29 is 4.79 Å². The summed E-state index contributed by atoms with van der Waals surface area (Å²) in [4.78, 5) is 16.7. The van der Waals surface area contributed by atoms with Gasteiger partial charge in [-0.25, -0.2) is 4.68 Å². The standard InChI is InChI=1S/C17H15ClN4O/c1-17(2)8-14-16(15(23)9-17)20-21-22(14)13-5-6-19-12-7-10(18)3-4-11(12)13/h3-7H,8-9H2,1-2H3. The van der Waals surface area contributed by atoms with Crippen LogP contribution in [0.1, 0.15) is 36.5 Å². The molecular formula is C17H15ClN4O. The van der Waals surface area contributed by atoms with Crippen LogP contribution in [-0.4, -0.2) is 25.8 Å². The number of Topliss-reactive ketones (excluding diaryl/α,β-unsaturated/α-hetero) is 1. The number of carbonyl (C=O) groups excluding carboxylic acids is 1. The van der Waals surface area contributed by atoms with Crippen molar-refractivity contribution in [3.05, 3.63) is 46.9 Å². The number of ketones is 1. The number of aromatic nitrogens is 4. The van der Waals surface area contributed by atoms with Crippen LogP contribution >= 0.6 is 11.6 Å². The van der Waals surface area contributed by atoms with Crippen LogP contribution in [0.4, 0.5) is 0 Å².